The maximum Gasteiger partial charge on any atom is 0.172 e. The van der Waals surface area contributed by atoms with Gasteiger partial charge in [0, 0.05) is 11.6 Å². The van der Waals surface area contributed by atoms with Crippen LogP contribution in [0.15, 0.2) is 36.5 Å². The second kappa shape index (κ2) is 5.06. The fraction of sp³-hybridized carbons (Fsp3) is 0.133. The first kappa shape index (κ1) is 12.8. The van der Waals surface area contributed by atoms with Gasteiger partial charge in [0.15, 0.2) is 11.0 Å². The Morgan fingerprint density at radius 1 is 1.00 bits per heavy atom. The topological polar surface area (TPSA) is 50.7 Å². The molecule has 2 aromatic heterocycles. The van der Waals surface area contributed by atoms with Crippen LogP contribution in [-0.4, -0.2) is 15.0 Å². The van der Waals surface area contributed by atoms with E-state index in [1.165, 1.54) is 0 Å². The Morgan fingerprint density at radius 3 is 2.60 bits per heavy atom. The van der Waals surface area contributed by atoms with Gasteiger partial charge in [0.1, 0.15) is 0 Å². The normalized spacial score (nSPS) is 10.8. The van der Waals surface area contributed by atoms with Crippen molar-refractivity contribution >= 4 is 34.0 Å². The molecule has 0 amide bonds. The van der Waals surface area contributed by atoms with Gasteiger partial charge in [-0.05, 0) is 26.0 Å². The molecule has 4 nitrogen and oxygen atoms in total. The Balaban J connectivity index is 2.08. The molecule has 3 rings (SSSR count). The Kier molecular flexibility index (Phi) is 3.24. The van der Waals surface area contributed by atoms with Crippen LogP contribution in [0.2, 0.25) is 5.15 Å². The lowest BCUT2D eigenvalue weighted by atomic mass is 10.2. The van der Waals surface area contributed by atoms with Gasteiger partial charge in [-0.25, -0.2) is 9.97 Å². The largest absolute Gasteiger partial charge is 0.336 e. The van der Waals surface area contributed by atoms with Crippen LogP contribution in [-0.2, 0) is 0 Å². The molecule has 0 fully saturated rings. The third-order valence-corrected chi connectivity index (χ3v) is 3.41. The molecule has 2 heterocycles. The first-order chi connectivity index (χ1) is 9.65. The summed E-state index contributed by atoms with van der Waals surface area (Å²) in [4.78, 5) is 13.1. The Morgan fingerprint density at radius 2 is 1.75 bits per heavy atom. The molecule has 0 saturated carbocycles. The fourth-order valence-corrected chi connectivity index (χ4v) is 2.20. The second-order valence-electron chi connectivity index (χ2n) is 4.54. The number of aryl methyl sites for hydroxylation is 2. The first-order valence-electron chi connectivity index (χ1n) is 6.26. The molecule has 0 aliphatic carbocycles. The molecule has 3 aromatic rings. The minimum absolute atomic E-state index is 0.362. The molecule has 0 saturated heterocycles. The van der Waals surface area contributed by atoms with Gasteiger partial charge in [-0.1, -0.05) is 29.8 Å². The van der Waals surface area contributed by atoms with E-state index in [0.717, 1.165) is 28.0 Å². The summed E-state index contributed by atoms with van der Waals surface area (Å²) in [6, 6.07) is 9.86. The predicted molar refractivity (Wildman–Crippen MR) is 81.5 cm³/mol. The van der Waals surface area contributed by atoms with Crippen molar-refractivity contribution in [3.63, 3.8) is 0 Å². The van der Waals surface area contributed by atoms with Crippen LogP contribution in [0.25, 0.3) is 10.9 Å². The molecule has 0 spiro atoms. The highest BCUT2D eigenvalue weighted by molar-refractivity contribution is 6.31. The van der Waals surface area contributed by atoms with Crippen LogP contribution in [0.4, 0.5) is 11.5 Å². The van der Waals surface area contributed by atoms with Gasteiger partial charge >= 0.3 is 0 Å². The third-order valence-electron chi connectivity index (χ3n) is 3.15. The van der Waals surface area contributed by atoms with E-state index in [9.17, 15) is 0 Å². The van der Waals surface area contributed by atoms with Crippen LogP contribution < -0.4 is 5.32 Å². The van der Waals surface area contributed by atoms with Gasteiger partial charge in [0.2, 0.25) is 0 Å². The van der Waals surface area contributed by atoms with Gasteiger partial charge in [-0.15, -0.1) is 0 Å². The predicted octanol–water partition coefficient (Wildman–Crippen LogP) is 4.04. The number of nitrogens with one attached hydrogen (secondary N) is 1. The van der Waals surface area contributed by atoms with Crippen LogP contribution in [0.5, 0.6) is 0 Å². The van der Waals surface area contributed by atoms with Gasteiger partial charge in [-0.3, -0.25) is 4.98 Å². The number of nitrogens with zero attached hydrogens (tertiary/aromatic N) is 3. The van der Waals surface area contributed by atoms with E-state index in [0.29, 0.717) is 11.0 Å². The number of benzene rings is 1. The van der Waals surface area contributed by atoms with E-state index in [2.05, 4.69) is 20.3 Å². The summed E-state index contributed by atoms with van der Waals surface area (Å²) >= 11 is 6.15. The monoisotopic (exact) mass is 284 g/mol. The lowest BCUT2D eigenvalue weighted by Crippen LogP contribution is -2.01. The summed E-state index contributed by atoms with van der Waals surface area (Å²) in [5.41, 5.74) is 3.43. The highest BCUT2D eigenvalue weighted by atomic mass is 35.5. The minimum atomic E-state index is 0.362. The molecule has 0 aliphatic rings. The Hall–Kier alpha value is -2.20. The molecular weight excluding hydrogens is 272 g/mol. The maximum atomic E-state index is 6.15. The van der Waals surface area contributed by atoms with E-state index in [-0.39, 0.29) is 0 Å². The second-order valence-corrected chi connectivity index (χ2v) is 4.90. The molecule has 20 heavy (non-hydrogen) atoms. The van der Waals surface area contributed by atoms with E-state index in [1.54, 1.807) is 6.20 Å². The molecule has 1 N–H and O–H groups in total. The van der Waals surface area contributed by atoms with Gasteiger partial charge in [-0.2, -0.15) is 0 Å². The van der Waals surface area contributed by atoms with Crippen molar-refractivity contribution in [1.82, 2.24) is 15.0 Å². The highest BCUT2D eigenvalue weighted by Gasteiger charge is 2.09. The summed E-state index contributed by atoms with van der Waals surface area (Å²) in [6.45, 7) is 3.79. The summed E-state index contributed by atoms with van der Waals surface area (Å²) in [5.74, 6) is 0.549. The number of pyridine rings is 1. The fourth-order valence-electron chi connectivity index (χ4n) is 1.99. The number of halogens is 1. The minimum Gasteiger partial charge on any atom is -0.336 e. The van der Waals surface area contributed by atoms with Crippen molar-refractivity contribution in [1.29, 1.82) is 0 Å². The zero-order valence-electron chi connectivity index (χ0n) is 11.2. The summed E-state index contributed by atoms with van der Waals surface area (Å²) in [6.07, 6.45) is 1.77. The number of hydrogen-bond donors (Lipinski definition) is 1. The van der Waals surface area contributed by atoms with Crippen LogP contribution >= 0.6 is 11.6 Å². The third kappa shape index (κ3) is 2.30. The number of hydrogen-bond acceptors (Lipinski definition) is 4. The average molecular weight is 285 g/mol. The van der Waals surface area contributed by atoms with Crippen molar-refractivity contribution in [3.8, 4) is 0 Å². The zero-order valence-corrected chi connectivity index (χ0v) is 11.9. The molecule has 0 unspecified atom stereocenters. The number of anilines is 2. The summed E-state index contributed by atoms with van der Waals surface area (Å²) in [7, 11) is 0. The van der Waals surface area contributed by atoms with Gasteiger partial charge < -0.3 is 5.32 Å². The molecule has 1 aromatic carbocycles. The Bertz CT molecular complexity index is 781. The summed E-state index contributed by atoms with van der Waals surface area (Å²) < 4.78 is 0. The van der Waals surface area contributed by atoms with E-state index < -0.39 is 0 Å². The van der Waals surface area contributed by atoms with Crippen LogP contribution in [0.1, 0.15) is 11.4 Å². The van der Waals surface area contributed by atoms with Crippen LogP contribution in [0, 0.1) is 13.8 Å². The lowest BCUT2D eigenvalue weighted by Gasteiger charge is -2.10. The molecule has 0 aliphatic heterocycles. The SMILES string of the molecule is Cc1nc(Cl)c(Nc2cccc3cccnc23)nc1C. The zero-order chi connectivity index (χ0) is 14.1. The molecule has 0 radical (unpaired) electrons. The average Bonchev–Trinajstić information content (AvgIpc) is 2.45. The number of aromatic nitrogens is 3. The summed E-state index contributed by atoms with van der Waals surface area (Å²) in [5, 5.41) is 4.64. The van der Waals surface area contributed by atoms with Crippen molar-refractivity contribution in [2.45, 2.75) is 13.8 Å². The van der Waals surface area contributed by atoms with Gasteiger partial charge in [0.25, 0.3) is 0 Å². The first-order valence-corrected chi connectivity index (χ1v) is 6.64. The van der Waals surface area contributed by atoms with Gasteiger partial charge in [0.05, 0.1) is 22.6 Å². The van der Waals surface area contributed by atoms with Crippen molar-refractivity contribution in [2.24, 2.45) is 0 Å². The maximum absolute atomic E-state index is 6.15. The number of rotatable bonds is 2. The smallest absolute Gasteiger partial charge is 0.172 e. The quantitative estimate of drug-likeness (QED) is 0.771. The van der Waals surface area contributed by atoms with E-state index in [1.807, 2.05) is 44.2 Å². The Labute approximate surface area is 121 Å². The molecule has 100 valence electrons. The van der Waals surface area contributed by atoms with Crippen molar-refractivity contribution in [2.75, 3.05) is 5.32 Å². The lowest BCUT2D eigenvalue weighted by molar-refractivity contribution is 1.05. The molecule has 0 atom stereocenters. The van der Waals surface area contributed by atoms with Crippen molar-refractivity contribution < 1.29 is 0 Å². The van der Waals surface area contributed by atoms with Crippen LogP contribution in [0.3, 0.4) is 0 Å². The molecular formula is C15H13ClN4. The standard InChI is InChI=1S/C15H13ClN4/c1-9-10(2)19-15(14(16)18-9)20-12-7-3-5-11-6-4-8-17-13(11)12/h3-8H,1-2H3,(H,19,20). The molecule has 0 bridgehead atoms. The number of fused-ring (bicyclic) bond motifs is 1. The highest BCUT2D eigenvalue weighted by Crippen LogP contribution is 2.27. The van der Waals surface area contributed by atoms with E-state index >= 15 is 0 Å². The van der Waals surface area contributed by atoms with Crippen molar-refractivity contribution in [3.05, 3.63) is 53.1 Å². The van der Waals surface area contributed by atoms with E-state index in [4.69, 9.17) is 11.6 Å². The molecule has 5 heteroatoms. The number of para-hydroxylation sites is 1.